The quantitative estimate of drug-likeness (QED) is 0.246. The number of hydrogen-bond donors (Lipinski definition) is 2. The highest BCUT2D eigenvalue weighted by Gasteiger charge is 1.80. The molecule has 0 heterocycles. The van der Waals surface area contributed by atoms with E-state index in [0.717, 1.165) is 25.3 Å². The first-order valence-corrected chi connectivity index (χ1v) is 2.94. The lowest BCUT2D eigenvalue weighted by atomic mass is 10.3. The highest BCUT2D eigenvalue weighted by Crippen LogP contribution is 1.87. The second-order valence-corrected chi connectivity index (χ2v) is 1.73. The number of hydrogen-bond acceptors (Lipinski definition) is 2. The Kier molecular flexibility index (Phi) is 6.40. The average molecular weight is 123 g/mol. The highest BCUT2D eigenvalue weighted by atomic mass is 35.5. The summed E-state index contributed by atoms with van der Waals surface area (Å²) in [5.41, 5.74) is 2.54. The lowest BCUT2D eigenvalue weighted by Gasteiger charge is -1.92. The largest absolute Gasteiger partial charge is 0.271 e. The van der Waals surface area contributed by atoms with Gasteiger partial charge in [0.1, 0.15) is 0 Å². The number of nitrogens with one attached hydrogen (secondary N) is 1. The van der Waals surface area contributed by atoms with E-state index in [1.165, 1.54) is 0 Å². The van der Waals surface area contributed by atoms with Crippen molar-refractivity contribution in [2.24, 2.45) is 5.84 Å². The number of nitrogens with two attached hydrogens (primary N) is 1. The van der Waals surface area contributed by atoms with Crippen molar-refractivity contribution in [1.82, 2.24) is 5.43 Å². The minimum Gasteiger partial charge on any atom is -0.271 e. The molecule has 44 valence electrons. The van der Waals surface area contributed by atoms with Gasteiger partial charge in [0.05, 0.1) is 0 Å². The van der Waals surface area contributed by atoms with Crippen LogP contribution in [0.1, 0.15) is 12.8 Å². The van der Waals surface area contributed by atoms with E-state index in [1.807, 2.05) is 0 Å². The Balaban J connectivity index is 2.45. The minimum absolute atomic E-state index is 0.738. The average Bonchev–Trinajstić information content (AvgIpc) is 1.69. The summed E-state index contributed by atoms with van der Waals surface area (Å²) >= 11 is 5.37. The molecule has 0 aliphatic rings. The Morgan fingerprint density at radius 1 is 1.43 bits per heavy atom. The van der Waals surface area contributed by atoms with Crippen molar-refractivity contribution >= 4 is 11.6 Å². The molecular formula is C4H11ClN2. The summed E-state index contributed by atoms with van der Waals surface area (Å²) < 4.78 is 0. The molecule has 0 fully saturated rings. The van der Waals surface area contributed by atoms with Gasteiger partial charge < -0.3 is 0 Å². The topological polar surface area (TPSA) is 38.0 Å². The van der Waals surface area contributed by atoms with Crippen LogP contribution in [0.2, 0.25) is 0 Å². The maximum Gasteiger partial charge on any atom is 0.0223 e. The number of halogens is 1. The molecule has 3 heteroatoms. The van der Waals surface area contributed by atoms with Crippen LogP contribution in [-0.4, -0.2) is 12.4 Å². The zero-order chi connectivity index (χ0) is 5.54. The third kappa shape index (κ3) is 6.21. The van der Waals surface area contributed by atoms with Gasteiger partial charge in [0, 0.05) is 12.4 Å². The predicted molar refractivity (Wildman–Crippen MR) is 32.1 cm³/mol. The van der Waals surface area contributed by atoms with Gasteiger partial charge in [0.15, 0.2) is 0 Å². The van der Waals surface area contributed by atoms with Gasteiger partial charge in [-0.3, -0.25) is 11.3 Å². The van der Waals surface area contributed by atoms with Gasteiger partial charge in [-0.2, -0.15) is 0 Å². The molecule has 0 aromatic carbocycles. The molecule has 0 spiro atoms. The van der Waals surface area contributed by atoms with Crippen molar-refractivity contribution < 1.29 is 0 Å². The van der Waals surface area contributed by atoms with E-state index >= 15 is 0 Å². The second-order valence-electron chi connectivity index (χ2n) is 1.35. The van der Waals surface area contributed by atoms with Crippen LogP contribution >= 0.6 is 11.6 Å². The molecule has 3 N–H and O–H groups in total. The fraction of sp³-hybridized carbons (Fsp3) is 1.00. The van der Waals surface area contributed by atoms with Crippen molar-refractivity contribution in [3.8, 4) is 0 Å². The van der Waals surface area contributed by atoms with Gasteiger partial charge in [-0.05, 0) is 12.8 Å². The van der Waals surface area contributed by atoms with E-state index in [4.69, 9.17) is 17.4 Å². The molecule has 0 saturated heterocycles. The number of hydrazine groups is 1. The summed E-state index contributed by atoms with van der Waals surface area (Å²) in [7, 11) is 0. The normalized spacial score (nSPS) is 9.43. The maximum absolute atomic E-state index is 5.37. The summed E-state index contributed by atoms with van der Waals surface area (Å²) in [5, 5.41) is 0. The fourth-order valence-corrected chi connectivity index (χ4v) is 0.511. The molecule has 0 aromatic heterocycles. The molecule has 0 amide bonds. The van der Waals surface area contributed by atoms with Crippen LogP contribution in [0, 0.1) is 0 Å². The Hall–Kier alpha value is 0.210. The second kappa shape index (κ2) is 6.21. The molecule has 0 saturated carbocycles. The standard InChI is InChI=1S/C4H11ClN2/c5-3-1-2-4-7-6/h7H,1-4,6H2. The third-order valence-electron chi connectivity index (χ3n) is 0.705. The Bertz CT molecular complexity index is 28.9. The van der Waals surface area contributed by atoms with Crippen molar-refractivity contribution in [3.05, 3.63) is 0 Å². The van der Waals surface area contributed by atoms with Gasteiger partial charge in [0.25, 0.3) is 0 Å². The van der Waals surface area contributed by atoms with E-state index < -0.39 is 0 Å². The van der Waals surface area contributed by atoms with Gasteiger partial charge in [-0.25, -0.2) is 0 Å². The van der Waals surface area contributed by atoms with Crippen LogP contribution < -0.4 is 11.3 Å². The molecule has 2 nitrogen and oxygen atoms in total. The van der Waals surface area contributed by atoms with Crippen LogP contribution in [0.5, 0.6) is 0 Å². The number of unbranched alkanes of at least 4 members (excludes halogenated alkanes) is 1. The fourth-order valence-electron chi connectivity index (χ4n) is 0.322. The Labute approximate surface area is 49.0 Å². The van der Waals surface area contributed by atoms with Crippen molar-refractivity contribution in [1.29, 1.82) is 0 Å². The van der Waals surface area contributed by atoms with Crippen LogP contribution in [-0.2, 0) is 0 Å². The molecule has 0 radical (unpaired) electrons. The van der Waals surface area contributed by atoms with E-state index in [1.54, 1.807) is 0 Å². The zero-order valence-corrected chi connectivity index (χ0v) is 5.04. The molecule has 0 aromatic rings. The van der Waals surface area contributed by atoms with Crippen molar-refractivity contribution in [3.63, 3.8) is 0 Å². The summed E-state index contributed by atoms with van der Waals surface area (Å²) in [4.78, 5) is 0. The molecule has 0 unspecified atom stereocenters. The zero-order valence-electron chi connectivity index (χ0n) is 4.28. The lowest BCUT2D eigenvalue weighted by molar-refractivity contribution is 0.671. The number of alkyl halides is 1. The summed E-state index contributed by atoms with van der Waals surface area (Å²) in [6.45, 7) is 0.868. The van der Waals surface area contributed by atoms with Crippen molar-refractivity contribution in [2.75, 3.05) is 12.4 Å². The molecule has 0 bridgehead atoms. The van der Waals surface area contributed by atoms with E-state index in [9.17, 15) is 0 Å². The Morgan fingerprint density at radius 2 is 2.14 bits per heavy atom. The first-order valence-electron chi connectivity index (χ1n) is 2.41. The molecule has 0 rings (SSSR count). The lowest BCUT2D eigenvalue weighted by Crippen LogP contribution is -2.22. The van der Waals surface area contributed by atoms with Gasteiger partial charge in [0.2, 0.25) is 0 Å². The predicted octanol–water partition coefficient (Wildman–Crippen LogP) is 0.469. The summed E-state index contributed by atoms with van der Waals surface area (Å²) in [6, 6.07) is 0. The molecule has 0 aliphatic carbocycles. The molecule has 0 atom stereocenters. The SMILES string of the molecule is NNCCCCCl. The summed E-state index contributed by atoms with van der Waals surface area (Å²) in [6.07, 6.45) is 2.12. The van der Waals surface area contributed by atoms with Gasteiger partial charge >= 0.3 is 0 Å². The molecular weight excluding hydrogens is 112 g/mol. The first-order chi connectivity index (χ1) is 3.41. The first kappa shape index (κ1) is 7.21. The smallest absolute Gasteiger partial charge is 0.0223 e. The van der Waals surface area contributed by atoms with Crippen LogP contribution in [0.3, 0.4) is 0 Å². The van der Waals surface area contributed by atoms with Crippen LogP contribution in [0.25, 0.3) is 0 Å². The number of rotatable bonds is 4. The molecule has 7 heavy (non-hydrogen) atoms. The monoisotopic (exact) mass is 122 g/mol. The van der Waals surface area contributed by atoms with Gasteiger partial charge in [-0.1, -0.05) is 0 Å². The van der Waals surface area contributed by atoms with Crippen molar-refractivity contribution in [2.45, 2.75) is 12.8 Å². The van der Waals surface area contributed by atoms with Gasteiger partial charge in [-0.15, -0.1) is 11.6 Å². The van der Waals surface area contributed by atoms with E-state index in [2.05, 4.69) is 5.43 Å². The van der Waals surface area contributed by atoms with E-state index in [0.29, 0.717) is 0 Å². The minimum atomic E-state index is 0.738. The van der Waals surface area contributed by atoms with Crippen LogP contribution in [0.15, 0.2) is 0 Å². The third-order valence-corrected chi connectivity index (χ3v) is 0.972. The highest BCUT2D eigenvalue weighted by molar-refractivity contribution is 6.17. The Morgan fingerprint density at radius 3 is 2.57 bits per heavy atom. The molecule has 0 aliphatic heterocycles. The van der Waals surface area contributed by atoms with E-state index in [-0.39, 0.29) is 0 Å². The summed E-state index contributed by atoms with van der Waals surface area (Å²) in [5.74, 6) is 5.71. The van der Waals surface area contributed by atoms with Crippen LogP contribution in [0.4, 0.5) is 0 Å². The maximum atomic E-state index is 5.37.